The lowest BCUT2D eigenvalue weighted by Gasteiger charge is -2.03. The van der Waals surface area contributed by atoms with Gasteiger partial charge in [-0.15, -0.1) is 0 Å². The second-order valence-corrected chi connectivity index (χ2v) is 3.84. The van der Waals surface area contributed by atoms with E-state index in [1.807, 2.05) is 0 Å². The molecule has 0 aromatic carbocycles. The van der Waals surface area contributed by atoms with Crippen molar-refractivity contribution in [1.82, 2.24) is 4.98 Å². The molecule has 2 rings (SSSR count). The molecule has 2 aromatic rings. The van der Waals surface area contributed by atoms with Crippen molar-refractivity contribution in [2.24, 2.45) is 0 Å². The second-order valence-electron chi connectivity index (χ2n) is 3.84. The van der Waals surface area contributed by atoms with Crippen LogP contribution in [0.25, 0.3) is 0 Å². The van der Waals surface area contributed by atoms with Crippen LogP contribution in [0.2, 0.25) is 0 Å². The molecule has 0 radical (unpaired) electrons. The van der Waals surface area contributed by atoms with E-state index in [4.69, 9.17) is 5.11 Å². The third-order valence-corrected chi connectivity index (χ3v) is 2.38. The van der Waals surface area contributed by atoms with E-state index in [1.54, 1.807) is 6.92 Å². The SMILES string of the molecule is Cc1cc(NC(=O)c2ccc(=O)oc2)c(C(=O)O)[nH]1. The highest BCUT2D eigenvalue weighted by Gasteiger charge is 2.16. The third-order valence-electron chi connectivity index (χ3n) is 2.38. The number of hydrogen-bond acceptors (Lipinski definition) is 4. The predicted molar refractivity (Wildman–Crippen MR) is 65.4 cm³/mol. The van der Waals surface area contributed by atoms with Gasteiger partial charge in [0, 0.05) is 11.8 Å². The number of carboxylic acids is 1. The van der Waals surface area contributed by atoms with Crippen molar-refractivity contribution in [3.8, 4) is 0 Å². The van der Waals surface area contributed by atoms with Crippen LogP contribution in [-0.2, 0) is 0 Å². The van der Waals surface area contributed by atoms with E-state index >= 15 is 0 Å². The zero-order valence-corrected chi connectivity index (χ0v) is 9.89. The molecule has 19 heavy (non-hydrogen) atoms. The number of aromatic nitrogens is 1. The van der Waals surface area contributed by atoms with E-state index in [0.29, 0.717) is 5.69 Å². The maximum absolute atomic E-state index is 11.8. The van der Waals surface area contributed by atoms with Gasteiger partial charge in [0.15, 0.2) is 0 Å². The fraction of sp³-hybridized carbons (Fsp3) is 0.0833. The van der Waals surface area contributed by atoms with Crippen LogP contribution in [0.3, 0.4) is 0 Å². The summed E-state index contributed by atoms with van der Waals surface area (Å²) < 4.78 is 4.56. The maximum Gasteiger partial charge on any atom is 0.354 e. The van der Waals surface area contributed by atoms with Crippen molar-refractivity contribution < 1.29 is 19.1 Å². The number of rotatable bonds is 3. The number of carbonyl (C=O) groups is 2. The first-order valence-corrected chi connectivity index (χ1v) is 5.30. The summed E-state index contributed by atoms with van der Waals surface area (Å²) in [7, 11) is 0. The van der Waals surface area contributed by atoms with Gasteiger partial charge in [0.1, 0.15) is 12.0 Å². The molecule has 1 amide bonds. The molecule has 2 aromatic heterocycles. The number of hydrogen-bond donors (Lipinski definition) is 3. The molecule has 0 bridgehead atoms. The normalized spacial score (nSPS) is 10.2. The molecule has 0 saturated heterocycles. The summed E-state index contributed by atoms with van der Waals surface area (Å²) in [5, 5.41) is 11.4. The maximum atomic E-state index is 11.8. The van der Waals surface area contributed by atoms with Gasteiger partial charge < -0.3 is 19.8 Å². The number of carboxylic acid groups (broad SMARTS) is 1. The molecule has 0 aliphatic carbocycles. The lowest BCUT2D eigenvalue weighted by Crippen LogP contribution is -2.14. The molecule has 98 valence electrons. The molecule has 0 unspecified atom stereocenters. The highest BCUT2D eigenvalue weighted by molar-refractivity contribution is 6.07. The van der Waals surface area contributed by atoms with Crippen LogP contribution >= 0.6 is 0 Å². The van der Waals surface area contributed by atoms with E-state index in [2.05, 4.69) is 14.7 Å². The van der Waals surface area contributed by atoms with E-state index in [-0.39, 0.29) is 16.9 Å². The molecule has 3 N–H and O–H groups in total. The summed E-state index contributed by atoms with van der Waals surface area (Å²) >= 11 is 0. The Morgan fingerprint density at radius 3 is 2.68 bits per heavy atom. The molecule has 7 heteroatoms. The third kappa shape index (κ3) is 2.71. The number of amides is 1. The van der Waals surface area contributed by atoms with Crippen molar-refractivity contribution in [1.29, 1.82) is 0 Å². The topological polar surface area (TPSA) is 112 Å². The molecule has 2 heterocycles. The first-order chi connectivity index (χ1) is 8.97. The summed E-state index contributed by atoms with van der Waals surface area (Å²) in [5.41, 5.74) is 0.201. The van der Waals surface area contributed by atoms with E-state index in [1.165, 1.54) is 12.1 Å². The predicted octanol–water partition coefficient (Wildman–Crippen LogP) is 1.23. The van der Waals surface area contributed by atoms with Gasteiger partial charge >= 0.3 is 11.6 Å². The number of H-pyrrole nitrogens is 1. The summed E-state index contributed by atoms with van der Waals surface area (Å²) in [4.78, 5) is 36.2. The van der Waals surface area contributed by atoms with Gasteiger partial charge in [0.25, 0.3) is 5.91 Å². The highest BCUT2D eigenvalue weighted by Crippen LogP contribution is 2.17. The molecular formula is C12H10N2O5. The Bertz CT molecular complexity index is 678. The number of aromatic amines is 1. The van der Waals surface area contributed by atoms with Crippen LogP contribution < -0.4 is 10.9 Å². The Morgan fingerprint density at radius 2 is 2.11 bits per heavy atom. The first kappa shape index (κ1) is 12.6. The molecule has 0 atom stereocenters. The Balaban J connectivity index is 2.26. The standard InChI is InChI=1S/C12H10N2O5/c1-6-4-8(10(13-6)12(17)18)14-11(16)7-2-3-9(15)19-5-7/h2-5,13H,1H3,(H,14,16)(H,17,18). The van der Waals surface area contributed by atoms with E-state index in [9.17, 15) is 14.4 Å². The number of anilines is 1. The quantitative estimate of drug-likeness (QED) is 0.770. The van der Waals surface area contributed by atoms with Crippen LogP contribution in [0.1, 0.15) is 26.5 Å². The van der Waals surface area contributed by atoms with Crippen molar-refractivity contribution in [3.63, 3.8) is 0 Å². The minimum Gasteiger partial charge on any atom is -0.477 e. The fourth-order valence-electron chi connectivity index (χ4n) is 1.54. The van der Waals surface area contributed by atoms with Crippen molar-refractivity contribution in [2.75, 3.05) is 5.32 Å². The van der Waals surface area contributed by atoms with Crippen LogP contribution in [-0.4, -0.2) is 22.0 Å². The minimum atomic E-state index is -1.18. The van der Waals surface area contributed by atoms with Crippen LogP contribution in [0.4, 0.5) is 5.69 Å². The molecule has 0 aliphatic rings. The van der Waals surface area contributed by atoms with Crippen LogP contribution in [0.15, 0.2) is 33.7 Å². The molecule has 0 spiro atoms. The number of nitrogens with one attached hydrogen (secondary N) is 2. The van der Waals surface area contributed by atoms with Gasteiger partial charge in [0.2, 0.25) is 0 Å². The van der Waals surface area contributed by atoms with E-state index < -0.39 is 17.5 Å². The Labute approximate surface area is 106 Å². The lowest BCUT2D eigenvalue weighted by molar-refractivity contribution is 0.0692. The van der Waals surface area contributed by atoms with Crippen molar-refractivity contribution in [2.45, 2.75) is 6.92 Å². The van der Waals surface area contributed by atoms with Gasteiger partial charge in [-0.3, -0.25) is 4.79 Å². The summed E-state index contributed by atoms with van der Waals surface area (Å²) in [6, 6.07) is 3.90. The summed E-state index contributed by atoms with van der Waals surface area (Å²) in [6.45, 7) is 1.67. The Kier molecular flexibility index (Phi) is 3.19. The summed E-state index contributed by atoms with van der Waals surface area (Å²) in [6.07, 6.45) is 1.01. The smallest absolute Gasteiger partial charge is 0.354 e. The van der Waals surface area contributed by atoms with Gasteiger partial charge in [-0.05, 0) is 19.1 Å². The average Bonchev–Trinajstić information content (AvgIpc) is 2.71. The largest absolute Gasteiger partial charge is 0.477 e. The van der Waals surface area contributed by atoms with E-state index in [0.717, 1.165) is 12.3 Å². The molecular weight excluding hydrogens is 252 g/mol. The molecule has 0 saturated carbocycles. The monoisotopic (exact) mass is 262 g/mol. The molecule has 0 fully saturated rings. The van der Waals surface area contributed by atoms with Crippen LogP contribution in [0.5, 0.6) is 0 Å². The zero-order chi connectivity index (χ0) is 14.0. The first-order valence-electron chi connectivity index (χ1n) is 5.30. The van der Waals surface area contributed by atoms with Crippen molar-refractivity contribution in [3.05, 3.63) is 51.8 Å². The Morgan fingerprint density at radius 1 is 1.37 bits per heavy atom. The average molecular weight is 262 g/mol. The van der Waals surface area contributed by atoms with Gasteiger partial charge in [-0.1, -0.05) is 0 Å². The number of aryl methyl sites for hydroxylation is 1. The van der Waals surface area contributed by atoms with Gasteiger partial charge in [-0.2, -0.15) is 0 Å². The molecule has 0 aliphatic heterocycles. The number of carbonyl (C=O) groups excluding carboxylic acids is 1. The lowest BCUT2D eigenvalue weighted by atomic mass is 10.2. The zero-order valence-electron chi connectivity index (χ0n) is 9.89. The molecule has 7 nitrogen and oxygen atoms in total. The summed E-state index contributed by atoms with van der Waals surface area (Å²) in [5.74, 6) is -1.74. The second kappa shape index (κ2) is 4.81. The fourth-order valence-corrected chi connectivity index (χ4v) is 1.54. The minimum absolute atomic E-state index is 0.108. The van der Waals surface area contributed by atoms with Crippen molar-refractivity contribution >= 4 is 17.6 Å². The number of aromatic carboxylic acids is 1. The van der Waals surface area contributed by atoms with Gasteiger partial charge in [0.05, 0.1) is 11.3 Å². The van der Waals surface area contributed by atoms with Crippen LogP contribution in [0, 0.1) is 6.92 Å². The Hall–Kier alpha value is -2.83. The highest BCUT2D eigenvalue weighted by atomic mass is 16.4. The van der Waals surface area contributed by atoms with Gasteiger partial charge in [-0.25, -0.2) is 9.59 Å².